The average Bonchev–Trinajstić information content (AvgIpc) is 3.33. The zero-order valence-corrected chi connectivity index (χ0v) is 24.8. The van der Waals surface area contributed by atoms with Gasteiger partial charge in [0.2, 0.25) is 11.5 Å². The number of fused-ring (bicyclic) bond motifs is 1. The van der Waals surface area contributed by atoms with Gasteiger partial charge in [-0.05, 0) is 49.3 Å². The van der Waals surface area contributed by atoms with Crippen LogP contribution in [-0.4, -0.2) is 60.7 Å². The van der Waals surface area contributed by atoms with Crippen molar-refractivity contribution in [3.63, 3.8) is 0 Å². The molecule has 0 amide bonds. The number of methoxy groups -OCH3 is 3. The number of phenolic OH excluding ortho intramolecular Hbond substituents is 1. The van der Waals surface area contributed by atoms with E-state index in [0.717, 1.165) is 5.56 Å². The van der Waals surface area contributed by atoms with Gasteiger partial charge in [0, 0.05) is 11.1 Å². The molecule has 0 bridgehead atoms. The van der Waals surface area contributed by atoms with Crippen LogP contribution in [0.2, 0.25) is 18.1 Å². The van der Waals surface area contributed by atoms with E-state index < -0.39 is 26.3 Å². The van der Waals surface area contributed by atoms with E-state index in [1.54, 1.807) is 19.2 Å². The minimum atomic E-state index is -2.11. The van der Waals surface area contributed by atoms with Crippen LogP contribution in [0, 0.1) is 0 Å². The zero-order chi connectivity index (χ0) is 27.9. The van der Waals surface area contributed by atoms with Gasteiger partial charge in [0.25, 0.3) is 0 Å². The Morgan fingerprint density at radius 2 is 1.50 bits per heavy atom. The predicted octanol–water partition coefficient (Wildman–Crippen LogP) is 5.54. The lowest BCUT2D eigenvalue weighted by atomic mass is 10.0. The molecule has 1 fully saturated rings. The Kier molecular flexibility index (Phi) is 7.82. The van der Waals surface area contributed by atoms with Gasteiger partial charge in [-0.2, -0.15) is 0 Å². The van der Waals surface area contributed by atoms with E-state index >= 15 is 0 Å². The smallest absolute Gasteiger partial charge is 0.204 e. The summed E-state index contributed by atoms with van der Waals surface area (Å²) < 4.78 is 48.1. The van der Waals surface area contributed by atoms with Crippen molar-refractivity contribution in [1.29, 1.82) is 0 Å². The van der Waals surface area contributed by atoms with Gasteiger partial charge in [-0.15, -0.1) is 0 Å². The number of benzene rings is 2. The third-order valence-corrected chi connectivity index (χ3v) is 12.2. The second-order valence-corrected chi connectivity index (χ2v) is 16.0. The lowest BCUT2D eigenvalue weighted by Gasteiger charge is -2.40. The molecule has 1 saturated heterocycles. The first-order chi connectivity index (χ1) is 17.8. The third-order valence-electron chi connectivity index (χ3n) is 7.71. The van der Waals surface area contributed by atoms with Crippen molar-refractivity contribution < 1.29 is 42.7 Å². The molecule has 10 heteroatoms. The van der Waals surface area contributed by atoms with Crippen LogP contribution in [0.25, 0.3) is 0 Å². The predicted molar refractivity (Wildman–Crippen MR) is 144 cm³/mol. The maximum atomic E-state index is 10.5. The molecule has 4 rings (SSSR count). The molecular formula is C28H40O9Si. The minimum absolute atomic E-state index is 0.0169. The molecule has 0 saturated carbocycles. The van der Waals surface area contributed by atoms with Crippen LogP contribution in [-0.2, 0) is 19.7 Å². The van der Waals surface area contributed by atoms with Gasteiger partial charge in [-0.3, -0.25) is 0 Å². The van der Waals surface area contributed by atoms with Crippen molar-refractivity contribution in [2.75, 3.05) is 41.2 Å². The number of aromatic hydroxyl groups is 1. The van der Waals surface area contributed by atoms with Crippen LogP contribution in [0.5, 0.6) is 34.5 Å². The third kappa shape index (κ3) is 5.27. The molecule has 38 heavy (non-hydrogen) atoms. The van der Waals surface area contributed by atoms with Crippen LogP contribution in [0.4, 0.5) is 0 Å². The van der Waals surface area contributed by atoms with Crippen LogP contribution in [0.1, 0.15) is 44.9 Å². The Balaban J connectivity index is 1.78. The highest BCUT2D eigenvalue weighted by Crippen LogP contribution is 2.50. The van der Waals surface area contributed by atoms with Crippen LogP contribution >= 0.6 is 0 Å². The molecular weight excluding hydrogens is 508 g/mol. The highest BCUT2D eigenvalue weighted by atomic mass is 28.4. The summed E-state index contributed by atoms with van der Waals surface area (Å²) in [5, 5.41) is 10.5. The molecule has 0 spiro atoms. The molecule has 0 radical (unpaired) electrons. The summed E-state index contributed by atoms with van der Waals surface area (Å²) in [7, 11) is 2.45. The Morgan fingerprint density at radius 1 is 0.921 bits per heavy atom. The number of rotatable bonds is 8. The molecule has 0 unspecified atom stereocenters. The molecule has 2 aliphatic rings. The lowest BCUT2D eigenvalue weighted by Crippen LogP contribution is -2.46. The van der Waals surface area contributed by atoms with E-state index in [0.29, 0.717) is 42.6 Å². The average molecular weight is 549 g/mol. The lowest BCUT2D eigenvalue weighted by molar-refractivity contribution is -0.150. The number of ether oxygens (including phenoxy) is 7. The quantitative estimate of drug-likeness (QED) is 0.427. The molecule has 2 aliphatic heterocycles. The fourth-order valence-corrected chi connectivity index (χ4v) is 5.31. The van der Waals surface area contributed by atoms with Crippen molar-refractivity contribution >= 4 is 8.32 Å². The first kappa shape index (κ1) is 28.3. The van der Waals surface area contributed by atoms with Gasteiger partial charge in [0.1, 0.15) is 0 Å². The molecule has 2 aromatic rings. The Morgan fingerprint density at radius 3 is 2.03 bits per heavy atom. The standard InChI is InChI=1S/C28H40O9Si/c1-27(2,3)38(8,9)35-16-23-25(17-12-19(30-5)24(29)20(13-17)31-6)37-26-21(32-7)14-18(15-22(26)36-23)28(4)33-10-11-34-28/h12-15,23,25,29H,10-11,16H2,1-9H3/t23-,25-/m0/s1. The normalized spacial score (nSPS) is 20.8. The fraction of sp³-hybridized carbons (Fsp3) is 0.571. The van der Waals surface area contributed by atoms with E-state index in [4.69, 9.17) is 37.6 Å². The van der Waals surface area contributed by atoms with Crippen LogP contribution < -0.4 is 23.7 Å². The van der Waals surface area contributed by atoms with Crippen molar-refractivity contribution in [1.82, 2.24) is 0 Å². The molecule has 1 N–H and O–H groups in total. The maximum absolute atomic E-state index is 10.5. The molecule has 2 aromatic carbocycles. The van der Waals surface area contributed by atoms with Gasteiger partial charge in [-0.25, -0.2) is 0 Å². The topological polar surface area (TPSA) is 94.1 Å². The maximum Gasteiger partial charge on any atom is 0.204 e. The highest BCUT2D eigenvalue weighted by Gasteiger charge is 2.43. The Labute approximate surface area is 226 Å². The van der Waals surface area contributed by atoms with E-state index in [1.807, 2.05) is 19.1 Å². The minimum Gasteiger partial charge on any atom is -0.502 e. The van der Waals surface area contributed by atoms with E-state index in [2.05, 4.69) is 33.9 Å². The number of phenols is 1. The second-order valence-electron chi connectivity index (χ2n) is 11.2. The monoisotopic (exact) mass is 548 g/mol. The fourth-order valence-electron chi connectivity index (χ4n) is 4.29. The first-order valence-corrected chi connectivity index (χ1v) is 15.7. The van der Waals surface area contributed by atoms with Crippen molar-refractivity contribution in [2.45, 2.75) is 63.8 Å². The summed E-state index contributed by atoms with van der Waals surface area (Å²) in [5.41, 5.74) is 1.47. The van der Waals surface area contributed by atoms with E-state index in [-0.39, 0.29) is 22.3 Å². The van der Waals surface area contributed by atoms with Crippen molar-refractivity contribution in [3.05, 3.63) is 35.4 Å². The zero-order valence-electron chi connectivity index (χ0n) is 23.8. The summed E-state index contributed by atoms with van der Waals surface area (Å²) in [6, 6.07) is 7.16. The van der Waals surface area contributed by atoms with Crippen molar-refractivity contribution in [2.24, 2.45) is 0 Å². The summed E-state index contributed by atoms with van der Waals surface area (Å²) in [6.07, 6.45) is -1.13. The number of hydrogen-bond acceptors (Lipinski definition) is 9. The SMILES string of the molecule is COc1cc([C@@H]2Oc3c(OC)cc(C4(C)OCCO4)cc3O[C@H]2CO[Si](C)(C)C(C)(C)C)cc(OC)c1O. The Bertz CT molecular complexity index is 1130. The molecule has 2 atom stereocenters. The van der Waals surface area contributed by atoms with Gasteiger partial charge in [0.15, 0.2) is 49.3 Å². The van der Waals surface area contributed by atoms with E-state index in [1.165, 1.54) is 14.2 Å². The van der Waals surface area contributed by atoms with Crippen LogP contribution in [0.15, 0.2) is 24.3 Å². The second kappa shape index (κ2) is 10.5. The molecule has 210 valence electrons. The van der Waals surface area contributed by atoms with Gasteiger partial charge < -0.3 is 42.7 Å². The first-order valence-electron chi connectivity index (χ1n) is 12.8. The highest BCUT2D eigenvalue weighted by molar-refractivity contribution is 6.74. The van der Waals surface area contributed by atoms with Crippen molar-refractivity contribution in [3.8, 4) is 34.5 Å². The Hall–Kier alpha value is -2.66. The molecule has 9 nitrogen and oxygen atoms in total. The molecule has 2 heterocycles. The van der Waals surface area contributed by atoms with Crippen LogP contribution in [0.3, 0.4) is 0 Å². The molecule has 0 aromatic heterocycles. The van der Waals surface area contributed by atoms with Gasteiger partial charge >= 0.3 is 0 Å². The van der Waals surface area contributed by atoms with Gasteiger partial charge in [0.05, 0.1) is 41.2 Å². The molecule has 0 aliphatic carbocycles. The summed E-state index contributed by atoms with van der Waals surface area (Å²) >= 11 is 0. The largest absolute Gasteiger partial charge is 0.502 e. The number of hydrogen-bond donors (Lipinski definition) is 1. The summed E-state index contributed by atoms with van der Waals surface area (Å²) in [4.78, 5) is 0. The summed E-state index contributed by atoms with van der Waals surface area (Å²) in [5.74, 6) is 0.996. The van der Waals surface area contributed by atoms with Gasteiger partial charge in [-0.1, -0.05) is 20.8 Å². The van der Waals surface area contributed by atoms with E-state index in [9.17, 15) is 5.11 Å². The summed E-state index contributed by atoms with van der Waals surface area (Å²) in [6.45, 7) is 14.2.